The van der Waals surface area contributed by atoms with E-state index in [-0.39, 0.29) is 28.0 Å². The van der Waals surface area contributed by atoms with Crippen LogP contribution in [-0.4, -0.2) is 43.5 Å². The zero-order valence-electron chi connectivity index (χ0n) is 19.2. The van der Waals surface area contributed by atoms with E-state index in [1.807, 2.05) is 0 Å². The normalized spacial score (nSPS) is 12.8. The Labute approximate surface area is 211 Å². The van der Waals surface area contributed by atoms with Crippen LogP contribution in [0.25, 0.3) is 0 Å². The van der Waals surface area contributed by atoms with Crippen LogP contribution < -0.4 is 4.90 Å². The molecule has 208 valence electrons. The number of amides is 2. The molecule has 38 heavy (non-hydrogen) atoms. The summed E-state index contributed by atoms with van der Waals surface area (Å²) in [6.07, 6.45) is -16.6. The third-order valence-electron chi connectivity index (χ3n) is 5.10. The van der Waals surface area contributed by atoms with Crippen molar-refractivity contribution in [3.8, 4) is 0 Å². The SMILES string of the molecule is COC(=O)c1cc(C(F)(C(F)(F)F)C(F)(F)F)ccc1N(C(C)=O)C(=O)c1ccc(C(F)(F)F)cc1SC. The molecule has 16 heteroatoms. The Hall–Kier alpha value is -3.30. The third-order valence-corrected chi connectivity index (χ3v) is 5.88. The number of esters is 1. The number of carbonyl (C=O) groups is 3. The molecule has 0 spiro atoms. The molecule has 2 rings (SSSR count). The standard InChI is InChI=1S/C22H15F10NO4S/c1-10(34)33(17(35)13-6-4-12(20(24,25)26)9-16(13)38-3)15-7-5-11(8-14(15)18(36)37-2)19(23,21(27,28)29)22(30,31)32/h4-9H,1-3H3. The number of ether oxygens (including phenoxy) is 1. The molecule has 2 amide bonds. The van der Waals surface area contributed by atoms with Crippen molar-refractivity contribution < 1.29 is 63.0 Å². The van der Waals surface area contributed by atoms with E-state index >= 15 is 0 Å². The van der Waals surface area contributed by atoms with Gasteiger partial charge in [-0.3, -0.25) is 9.59 Å². The van der Waals surface area contributed by atoms with Crippen LogP contribution in [0, 0.1) is 0 Å². The maximum Gasteiger partial charge on any atom is 0.435 e. The van der Waals surface area contributed by atoms with Crippen molar-refractivity contribution in [2.75, 3.05) is 18.3 Å². The van der Waals surface area contributed by atoms with Crippen molar-refractivity contribution in [2.24, 2.45) is 0 Å². The summed E-state index contributed by atoms with van der Waals surface area (Å²) >= 11 is 0.655. The number of carbonyl (C=O) groups excluding carboxylic acids is 3. The summed E-state index contributed by atoms with van der Waals surface area (Å²) in [6, 6.07) is 1.85. The number of hydrogen-bond acceptors (Lipinski definition) is 5. The molecule has 0 aromatic heterocycles. The van der Waals surface area contributed by atoms with Crippen molar-refractivity contribution in [3.05, 3.63) is 58.7 Å². The molecule has 0 aliphatic rings. The number of anilines is 1. The maximum atomic E-state index is 14.6. The highest BCUT2D eigenvalue weighted by Gasteiger charge is 2.73. The highest BCUT2D eigenvalue weighted by atomic mass is 32.2. The number of thioether (sulfide) groups is 1. The highest BCUT2D eigenvalue weighted by Crippen LogP contribution is 2.53. The monoisotopic (exact) mass is 579 g/mol. The number of halogens is 10. The topological polar surface area (TPSA) is 63.7 Å². The molecule has 2 aromatic carbocycles. The Morgan fingerprint density at radius 3 is 1.74 bits per heavy atom. The van der Waals surface area contributed by atoms with Gasteiger partial charge in [0, 0.05) is 17.4 Å². The van der Waals surface area contributed by atoms with Gasteiger partial charge in [-0.25, -0.2) is 14.1 Å². The van der Waals surface area contributed by atoms with Crippen molar-refractivity contribution in [1.82, 2.24) is 0 Å². The number of methoxy groups -OCH3 is 1. The summed E-state index contributed by atoms with van der Waals surface area (Å²) in [5, 5.41) is 0. The smallest absolute Gasteiger partial charge is 0.435 e. The Bertz CT molecular complexity index is 1240. The second kappa shape index (κ2) is 10.5. The average molecular weight is 579 g/mol. The Morgan fingerprint density at radius 1 is 0.789 bits per heavy atom. The number of rotatable bonds is 5. The molecule has 0 radical (unpaired) electrons. The molecule has 0 aliphatic carbocycles. The maximum absolute atomic E-state index is 14.6. The summed E-state index contributed by atoms with van der Waals surface area (Å²) < 4.78 is 137. The molecule has 0 bridgehead atoms. The van der Waals surface area contributed by atoms with Crippen LogP contribution in [0.4, 0.5) is 49.6 Å². The van der Waals surface area contributed by atoms with Crippen molar-refractivity contribution in [3.63, 3.8) is 0 Å². The van der Waals surface area contributed by atoms with E-state index in [0.29, 0.717) is 37.1 Å². The molecule has 0 saturated heterocycles. The highest BCUT2D eigenvalue weighted by molar-refractivity contribution is 7.98. The largest absolute Gasteiger partial charge is 0.465 e. The van der Waals surface area contributed by atoms with Crippen LogP contribution in [0.2, 0.25) is 0 Å². The van der Waals surface area contributed by atoms with Crippen LogP contribution >= 0.6 is 11.8 Å². The van der Waals surface area contributed by atoms with Crippen LogP contribution in [0.1, 0.15) is 38.8 Å². The van der Waals surface area contributed by atoms with Crippen molar-refractivity contribution in [1.29, 1.82) is 0 Å². The average Bonchev–Trinajstić information content (AvgIpc) is 2.80. The fraction of sp³-hybridized carbons (Fsp3) is 0.318. The van der Waals surface area contributed by atoms with Crippen molar-refractivity contribution >= 4 is 35.2 Å². The minimum absolute atomic E-state index is 0.0335. The van der Waals surface area contributed by atoms with Gasteiger partial charge in [0.05, 0.1) is 29.5 Å². The van der Waals surface area contributed by atoms with Gasteiger partial charge >= 0.3 is 30.2 Å². The van der Waals surface area contributed by atoms with Crippen molar-refractivity contribution in [2.45, 2.75) is 36.0 Å². The van der Waals surface area contributed by atoms with Crippen LogP contribution in [0.5, 0.6) is 0 Å². The third kappa shape index (κ3) is 5.59. The lowest BCUT2D eigenvalue weighted by Crippen LogP contribution is -2.50. The van der Waals surface area contributed by atoms with E-state index in [2.05, 4.69) is 4.74 Å². The fourth-order valence-electron chi connectivity index (χ4n) is 3.29. The first-order chi connectivity index (χ1) is 17.2. The first-order valence-electron chi connectivity index (χ1n) is 9.87. The van der Waals surface area contributed by atoms with E-state index in [4.69, 9.17) is 0 Å². The first-order valence-corrected chi connectivity index (χ1v) is 11.1. The minimum atomic E-state index is -6.54. The molecule has 0 atom stereocenters. The van der Waals surface area contributed by atoms with E-state index in [1.54, 1.807) is 0 Å². The van der Waals surface area contributed by atoms with Crippen LogP contribution in [-0.2, 0) is 21.4 Å². The minimum Gasteiger partial charge on any atom is -0.465 e. The summed E-state index contributed by atoms with van der Waals surface area (Å²) in [4.78, 5) is 37.7. The lowest BCUT2D eigenvalue weighted by molar-refractivity contribution is -0.348. The number of nitrogens with zero attached hydrogens (tertiary/aromatic N) is 1. The molecular weight excluding hydrogens is 564 g/mol. The van der Waals surface area contributed by atoms with Gasteiger partial charge in [-0.15, -0.1) is 11.8 Å². The van der Waals surface area contributed by atoms with E-state index in [0.717, 1.165) is 6.92 Å². The van der Waals surface area contributed by atoms with Crippen LogP contribution in [0.3, 0.4) is 0 Å². The van der Waals surface area contributed by atoms with Gasteiger partial charge in [-0.1, -0.05) is 6.07 Å². The predicted molar refractivity (Wildman–Crippen MR) is 113 cm³/mol. The number of benzene rings is 2. The van der Waals surface area contributed by atoms with E-state index in [9.17, 15) is 58.3 Å². The summed E-state index contributed by atoms with van der Waals surface area (Å²) in [5.41, 5.74) is -11.9. The Kier molecular flexibility index (Phi) is 8.51. The molecule has 0 unspecified atom stereocenters. The van der Waals surface area contributed by atoms with E-state index < -0.39 is 69.9 Å². The molecule has 0 aliphatic heterocycles. The van der Waals surface area contributed by atoms with Gasteiger partial charge in [0.2, 0.25) is 5.91 Å². The number of alkyl halides is 10. The molecule has 0 heterocycles. The molecule has 0 fully saturated rings. The first kappa shape index (κ1) is 30.9. The second-order valence-electron chi connectivity index (χ2n) is 7.45. The summed E-state index contributed by atoms with van der Waals surface area (Å²) in [7, 11) is 0.663. The number of imide groups is 1. The molecule has 5 nitrogen and oxygen atoms in total. The zero-order chi connectivity index (χ0) is 29.4. The fourth-order valence-corrected chi connectivity index (χ4v) is 3.91. The number of hydrogen-bond donors (Lipinski definition) is 0. The lowest BCUT2D eigenvalue weighted by atomic mass is 9.91. The Morgan fingerprint density at radius 2 is 1.32 bits per heavy atom. The Balaban J connectivity index is 2.82. The molecule has 0 N–H and O–H groups in total. The van der Waals surface area contributed by atoms with E-state index in [1.165, 1.54) is 6.26 Å². The predicted octanol–water partition coefficient (Wildman–Crippen LogP) is 6.70. The second-order valence-corrected chi connectivity index (χ2v) is 8.30. The molecule has 0 saturated carbocycles. The van der Waals surface area contributed by atoms with Crippen LogP contribution in [0.15, 0.2) is 41.3 Å². The van der Waals surface area contributed by atoms with Gasteiger partial charge in [0.15, 0.2) is 0 Å². The lowest BCUT2D eigenvalue weighted by Gasteiger charge is -2.31. The zero-order valence-corrected chi connectivity index (χ0v) is 20.0. The molecular formula is C22H15F10NO4S. The summed E-state index contributed by atoms with van der Waals surface area (Å²) in [5.74, 6) is -4.27. The van der Waals surface area contributed by atoms with Gasteiger partial charge in [-0.05, 0) is 36.6 Å². The van der Waals surface area contributed by atoms with Gasteiger partial charge < -0.3 is 4.74 Å². The molecule has 2 aromatic rings. The summed E-state index contributed by atoms with van der Waals surface area (Å²) in [6.45, 7) is 0.723. The van der Waals surface area contributed by atoms with Gasteiger partial charge in [0.1, 0.15) is 0 Å². The van der Waals surface area contributed by atoms with Gasteiger partial charge in [-0.2, -0.15) is 39.5 Å². The van der Waals surface area contributed by atoms with Gasteiger partial charge in [0.25, 0.3) is 5.91 Å². The quantitative estimate of drug-likeness (QED) is 0.224.